The summed E-state index contributed by atoms with van der Waals surface area (Å²) in [6, 6.07) is 3.50. The molecule has 2 atom stereocenters. The molecule has 1 amide bonds. The van der Waals surface area contributed by atoms with Gasteiger partial charge in [0.15, 0.2) is 0 Å². The summed E-state index contributed by atoms with van der Waals surface area (Å²) in [5, 5.41) is 10.3. The number of piperidine rings is 1. The van der Waals surface area contributed by atoms with Gasteiger partial charge in [-0.15, -0.1) is 0 Å². The number of β-amino-alcohol motifs (C(OH)–C–C–N with tert-alkyl or cyclic N) is 1. The number of hydrogen-bond acceptors (Lipinski definition) is 6. The van der Waals surface area contributed by atoms with E-state index in [1.54, 1.807) is 18.3 Å². The SMILES string of the molecule is CC(C)Oc1ccc(O[C@H]2CCN(C(=O)OC(C)(C)C)C[C@@H]2O)nc1. The summed E-state index contributed by atoms with van der Waals surface area (Å²) in [4.78, 5) is 17.8. The molecule has 7 nitrogen and oxygen atoms in total. The lowest BCUT2D eigenvalue weighted by molar-refractivity contribution is -0.0386. The molecule has 0 bridgehead atoms. The number of aromatic nitrogens is 1. The summed E-state index contributed by atoms with van der Waals surface area (Å²) < 4.78 is 16.6. The van der Waals surface area contributed by atoms with E-state index in [0.29, 0.717) is 24.6 Å². The van der Waals surface area contributed by atoms with Crippen LogP contribution in [-0.2, 0) is 4.74 Å². The first kappa shape index (κ1) is 19.3. The zero-order valence-electron chi connectivity index (χ0n) is 15.6. The number of rotatable bonds is 4. The summed E-state index contributed by atoms with van der Waals surface area (Å²) in [7, 11) is 0. The fraction of sp³-hybridized carbons (Fsp3) is 0.667. The van der Waals surface area contributed by atoms with Gasteiger partial charge in [0.25, 0.3) is 0 Å². The Labute approximate surface area is 148 Å². The number of hydrogen-bond donors (Lipinski definition) is 1. The van der Waals surface area contributed by atoms with Gasteiger partial charge in [-0.1, -0.05) is 0 Å². The molecule has 25 heavy (non-hydrogen) atoms. The third-order valence-electron chi connectivity index (χ3n) is 3.52. The van der Waals surface area contributed by atoms with Gasteiger partial charge in [0.05, 0.1) is 18.8 Å². The van der Waals surface area contributed by atoms with Gasteiger partial charge in [-0.05, 0) is 40.7 Å². The maximum absolute atomic E-state index is 12.1. The van der Waals surface area contributed by atoms with Gasteiger partial charge in [0.2, 0.25) is 5.88 Å². The molecule has 0 spiro atoms. The molecule has 1 aromatic rings. The van der Waals surface area contributed by atoms with Crippen molar-refractivity contribution in [1.82, 2.24) is 9.88 Å². The lowest BCUT2D eigenvalue weighted by atomic mass is 10.1. The van der Waals surface area contributed by atoms with Crippen LogP contribution in [0.15, 0.2) is 18.3 Å². The topological polar surface area (TPSA) is 81.1 Å². The molecule has 7 heteroatoms. The van der Waals surface area contributed by atoms with Gasteiger partial charge in [-0.3, -0.25) is 0 Å². The molecule has 1 fully saturated rings. The van der Waals surface area contributed by atoms with Crippen LogP contribution >= 0.6 is 0 Å². The fourth-order valence-corrected chi connectivity index (χ4v) is 2.47. The normalized spacial score (nSPS) is 21.2. The highest BCUT2D eigenvalue weighted by atomic mass is 16.6. The minimum atomic E-state index is -0.797. The number of aliphatic hydroxyl groups is 1. The first-order valence-corrected chi connectivity index (χ1v) is 8.59. The third-order valence-corrected chi connectivity index (χ3v) is 3.52. The Hall–Kier alpha value is -2.02. The third kappa shape index (κ3) is 6.08. The Kier molecular flexibility index (Phi) is 6.11. The van der Waals surface area contributed by atoms with E-state index in [1.807, 2.05) is 34.6 Å². The van der Waals surface area contributed by atoms with Gasteiger partial charge in [0, 0.05) is 19.0 Å². The summed E-state index contributed by atoms with van der Waals surface area (Å²) in [6.45, 7) is 9.97. The van der Waals surface area contributed by atoms with Crippen LogP contribution in [0.25, 0.3) is 0 Å². The molecule has 1 aliphatic heterocycles. The van der Waals surface area contributed by atoms with Crippen LogP contribution in [0.3, 0.4) is 0 Å². The van der Waals surface area contributed by atoms with Gasteiger partial charge in [-0.25, -0.2) is 9.78 Å². The molecular formula is C18H28N2O5. The van der Waals surface area contributed by atoms with E-state index < -0.39 is 23.9 Å². The van der Waals surface area contributed by atoms with Crippen molar-refractivity contribution in [2.75, 3.05) is 13.1 Å². The van der Waals surface area contributed by atoms with Crippen molar-refractivity contribution in [2.45, 2.75) is 65.0 Å². The number of nitrogens with zero attached hydrogens (tertiary/aromatic N) is 2. The molecule has 0 radical (unpaired) electrons. The molecule has 1 aromatic heterocycles. The average molecular weight is 352 g/mol. The van der Waals surface area contributed by atoms with E-state index in [4.69, 9.17) is 14.2 Å². The van der Waals surface area contributed by atoms with E-state index in [1.165, 1.54) is 4.90 Å². The maximum atomic E-state index is 12.1. The molecule has 0 aliphatic carbocycles. The van der Waals surface area contributed by atoms with E-state index in [2.05, 4.69) is 4.98 Å². The highest BCUT2D eigenvalue weighted by Gasteiger charge is 2.33. The van der Waals surface area contributed by atoms with Crippen LogP contribution < -0.4 is 9.47 Å². The van der Waals surface area contributed by atoms with E-state index in [-0.39, 0.29) is 12.6 Å². The van der Waals surface area contributed by atoms with Crippen LogP contribution in [0.4, 0.5) is 4.79 Å². The Morgan fingerprint density at radius 1 is 1.36 bits per heavy atom. The molecule has 2 rings (SSSR count). The van der Waals surface area contributed by atoms with Crippen molar-refractivity contribution in [2.24, 2.45) is 0 Å². The second-order valence-electron chi connectivity index (χ2n) is 7.44. The fourth-order valence-electron chi connectivity index (χ4n) is 2.47. The summed E-state index contributed by atoms with van der Waals surface area (Å²) >= 11 is 0. The summed E-state index contributed by atoms with van der Waals surface area (Å²) in [5.74, 6) is 1.09. The summed E-state index contributed by atoms with van der Waals surface area (Å²) in [6.07, 6.45) is 0.549. The van der Waals surface area contributed by atoms with E-state index >= 15 is 0 Å². The largest absolute Gasteiger partial charge is 0.489 e. The smallest absolute Gasteiger partial charge is 0.410 e. The Bertz CT molecular complexity index is 568. The minimum Gasteiger partial charge on any atom is -0.489 e. The molecule has 1 saturated heterocycles. The van der Waals surface area contributed by atoms with Crippen LogP contribution in [-0.4, -0.2) is 58.1 Å². The van der Waals surface area contributed by atoms with E-state index in [0.717, 1.165) is 0 Å². The quantitative estimate of drug-likeness (QED) is 0.897. The predicted octanol–water partition coefficient (Wildman–Crippen LogP) is 2.62. The molecule has 140 valence electrons. The van der Waals surface area contributed by atoms with Crippen LogP contribution in [0.5, 0.6) is 11.6 Å². The number of likely N-dealkylation sites (tertiary alicyclic amines) is 1. The molecule has 0 unspecified atom stereocenters. The molecular weight excluding hydrogens is 324 g/mol. The number of ether oxygens (including phenoxy) is 3. The standard InChI is InChI=1S/C18H28N2O5/c1-12(2)23-13-6-7-16(19-10-13)24-15-8-9-20(11-14(15)21)17(22)25-18(3,4)5/h6-7,10,12,14-15,21H,8-9,11H2,1-5H3/t14-,15-/m0/s1. The number of carbonyl (C=O) groups is 1. The number of pyridine rings is 1. The number of amides is 1. The van der Waals surface area contributed by atoms with Crippen molar-refractivity contribution in [3.63, 3.8) is 0 Å². The Morgan fingerprint density at radius 3 is 2.60 bits per heavy atom. The van der Waals surface area contributed by atoms with Crippen molar-refractivity contribution >= 4 is 6.09 Å². The molecule has 2 heterocycles. The molecule has 1 N–H and O–H groups in total. The van der Waals surface area contributed by atoms with Gasteiger partial charge in [0.1, 0.15) is 23.6 Å². The lowest BCUT2D eigenvalue weighted by Crippen LogP contribution is -2.52. The van der Waals surface area contributed by atoms with Gasteiger partial charge >= 0.3 is 6.09 Å². The Balaban J connectivity index is 1.88. The monoisotopic (exact) mass is 352 g/mol. The summed E-state index contributed by atoms with van der Waals surface area (Å²) in [5.41, 5.74) is -0.556. The number of aliphatic hydroxyl groups excluding tert-OH is 1. The lowest BCUT2D eigenvalue weighted by Gasteiger charge is -2.36. The zero-order chi connectivity index (χ0) is 18.6. The van der Waals surface area contributed by atoms with Gasteiger partial charge in [-0.2, -0.15) is 0 Å². The maximum Gasteiger partial charge on any atom is 0.410 e. The van der Waals surface area contributed by atoms with Crippen LogP contribution in [0.1, 0.15) is 41.0 Å². The van der Waals surface area contributed by atoms with Crippen molar-refractivity contribution in [1.29, 1.82) is 0 Å². The predicted molar refractivity (Wildman–Crippen MR) is 92.8 cm³/mol. The molecule has 0 saturated carbocycles. The van der Waals surface area contributed by atoms with Crippen molar-refractivity contribution in [3.8, 4) is 11.6 Å². The minimum absolute atomic E-state index is 0.0765. The van der Waals surface area contributed by atoms with Crippen molar-refractivity contribution in [3.05, 3.63) is 18.3 Å². The highest BCUT2D eigenvalue weighted by Crippen LogP contribution is 2.21. The van der Waals surface area contributed by atoms with Crippen molar-refractivity contribution < 1.29 is 24.1 Å². The molecule has 1 aliphatic rings. The zero-order valence-corrected chi connectivity index (χ0v) is 15.6. The average Bonchev–Trinajstić information content (AvgIpc) is 2.49. The first-order chi connectivity index (χ1) is 11.6. The first-order valence-electron chi connectivity index (χ1n) is 8.59. The highest BCUT2D eigenvalue weighted by molar-refractivity contribution is 5.68. The van der Waals surface area contributed by atoms with E-state index in [9.17, 15) is 9.90 Å². The number of carbonyl (C=O) groups excluding carboxylic acids is 1. The van der Waals surface area contributed by atoms with Crippen LogP contribution in [0, 0.1) is 0 Å². The Morgan fingerprint density at radius 2 is 2.08 bits per heavy atom. The second kappa shape index (κ2) is 7.91. The molecule has 0 aromatic carbocycles. The van der Waals surface area contributed by atoms with Gasteiger partial charge < -0.3 is 24.2 Å². The van der Waals surface area contributed by atoms with Crippen LogP contribution in [0.2, 0.25) is 0 Å². The second-order valence-corrected chi connectivity index (χ2v) is 7.44.